The summed E-state index contributed by atoms with van der Waals surface area (Å²) in [6.45, 7) is 3.29. The van der Waals surface area contributed by atoms with Crippen LogP contribution in [0.5, 0.6) is 0 Å². The molecule has 2 aromatic rings. The van der Waals surface area contributed by atoms with Crippen molar-refractivity contribution >= 4 is 5.91 Å². The molecule has 0 spiro atoms. The van der Waals surface area contributed by atoms with Crippen molar-refractivity contribution in [1.29, 1.82) is 0 Å². The van der Waals surface area contributed by atoms with E-state index in [1.54, 1.807) is 16.8 Å². The molecule has 1 aromatic carbocycles. The highest BCUT2D eigenvalue weighted by Gasteiger charge is 2.15. The van der Waals surface area contributed by atoms with Crippen LogP contribution in [0.25, 0.3) is 5.69 Å². The van der Waals surface area contributed by atoms with Gasteiger partial charge in [0.2, 0.25) is 0 Å². The van der Waals surface area contributed by atoms with Gasteiger partial charge in [0.15, 0.2) is 0 Å². The lowest BCUT2D eigenvalue weighted by Gasteiger charge is -2.08. The van der Waals surface area contributed by atoms with Crippen LogP contribution in [-0.2, 0) is 0 Å². The number of quaternary nitrogens is 1. The Morgan fingerprint density at radius 1 is 1.33 bits per heavy atom. The summed E-state index contributed by atoms with van der Waals surface area (Å²) in [4.78, 5) is 13.4. The van der Waals surface area contributed by atoms with Crippen LogP contribution in [0.3, 0.4) is 0 Å². The van der Waals surface area contributed by atoms with E-state index in [2.05, 4.69) is 10.4 Å². The van der Waals surface area contributed by atoms with Gasteiger partial charge in [0, 0.05) is 0 Å². The predicted molar refractivity (Wildman–Crippen MR) is 78.3 cm³/mol. The fourth-order valence-electron chi connectivity index (χ4n) is 2.00. The Morgan fingerprint density at radius 2 is 2.00 bits per heavy atom. The maximum atomic E-state index is 12.9. The highest BCUT2D eigenvalue weighted by atomic mass is 19.1. The molecule has 0 saturated carbocycles. The molecule has 0 radical (unpaired) electrons. The zero-order valence-electron chi connectivity index (χ0n) is 12.5. The highest BCUT2D eigenvalue weighted by molar-refractivity contribution is 5.95. The standard InChI is InChI=1S/C15H19FN4O/c1-11-14(15(21)17-8-9-19(2)3)10-18-20(11)13-6-4-12(16)5-7-13/h4-7,10H,8-9H2,1-3H3,(H,17,21)/p+1. The van der Waals surface area contributed by atoms with E-state index >= 15 is 0 Å². The molecule has 0 aliphatic heterocycles. The topological polar surface area (TPSA) is 51.4 Å². The van der Waals surface area contributed by atoms with Gasteiger partial charge in [0.05, 0.1) is 50.3 Å². The van der Waals surface area contributed by atoms with Crippen LogP contribution in [0.15, 0.2) is 30.5 Å². The number of hydrogen-bond acceptors (Lipinski definition) is 2. The van der Waals surface area contributed by atoms with E-state index in [0.717, 1.165) is 17.9 Å². The molecule has 0 unspecified atom stereocenters. The second kappa shape index (κ2) is 6.49. The van der Waals surface area contributed by atoms with E-state index in [4.69, 9.17) is 0 Å². The minimum Gasteiger partial charge on any atom is -0.346 e. The highest BCUT2D eigenvalue weighted by Crippen LogP contribution is 2.14. The second-order valence-corrected chi connectivity index (χ2v) is 5.24. The number of benzene rings is 1. The van der Waals surface area contributed by atoms with Crippen LogP contribution < -0.4 is 10.2 Å². The normalized spacial score (nSPS) is 10.9. The quantitative estimate of drug-likeness (QED) is 0.826. The van der Waals surface area contributed by atoms with Crippen LogP contribution in [0.4, 0.5) is 4.39 Å². The zero-order valence-corrected chi connectivity index (χ0v) is 12.5. The third-order valence-corrected chi connectivity index (χ3v) is 3.24. The summed E-state index contributed by atoms with van der Waals surface area (Å²) >= 11 is 0. The predicted octanol–water partition coefficient (Wildman–Crippen LogP) is 0.194. The van der Waals surface area contributed by atoms with Crippen molar-refractivity contribution in [2.24, 2.45) is 0 Å². The maximum Gasteiger partial charge on any atom is 0.254 e. The summed E-state index contributed by atoms with van der Waals surface area (Å²) in [7, 11) is 4.06. The molecule has 5 nitrogen and oxygen atoms in total. The van der Waals surface area contributed by atoms with Gasteiger partial charge in [-0.25, -0.2) is 9.07 Å². The molecular formula is C15H20FN4O+. The molecule has 0 aliphatic carbocycles. The van der Waals surface area contributed by atoms with Gasteiger partial charge in [-0.15, -0.1) is 0 Å². The Balaban J connectivity index is 2.13. The van der Waals surface area contributed by atoms with Crippen LogP contribution in [0.1, 0.15) is 16.1 Å². The molecule has 1 heterocycles. The number of likely N-dealkylation sites (N-methyl/N-ethyl adjacent to an activating group) is 1. The lowest BCUT2D eigenvalue weighted by Crippen LogP contribution is -3.06. The number of nitrogens with zero attached hydrogens (tertiary/aromatic N) is 2. The number of amides is 1. The van der Waals surface area contributed by atoms with Gasteiger partial charge in [-0.1, -0.05) is 0 Å². The number of halogens is 1. The van der Waals surface area contributed by atoms with Crippen molar-refractivity contribution in [2.75, 3.05) is 27.2 Å². The summed E-state index contributed by atoms with van der Waals surface area (Å²) in [5.74, 6) is -0.435. The van der Waals surface area contributed by atoms with E-state index in [9.17, 15) is 9.18 Å². The number of carbonyl (C=O) groups is 1. The minimum absolute atomic E-state index is 0.137. The van der Waals surface area contributed by atoms with Crippen molar-refractivity contribution in [3.63, 3.8) is 0 Å². The molecule has 2 N–H and O–H groups in total. The summed E-state index contributed by atoms with van der Waals surface area (Å²) in [5.41, 5.74) is 2.00. The van der Waals surface area contributed by atoms with Crippen LogP contribution in [-0.4, -0.2) is 42.9 Å². The Kier molecular flexibility index (Phi) is 4.70. The van der Waals surface area contributed by atoms with E-state index in [0.29, 0.717) is 12.1 Å². The largest absolute Gasteiger partial charge is 0.346 e. The molecule has 0 aliphatic rings. The van der Waals surface area contributed by atoms with E-state index in [1.165, 1.54) is 23.2 Å². The monoisotopic (exact) mass is 291 g/mol. The Morgan fingerprint density at radius 3 is 2.62 bits per heavy atom. The number of aromatic nitrogens is 2. The SMILES string of the molecule is Cc1c(C(=O)NCC[NH+](C)C)cnn1-c1ccc(F)cc1. The van der Waals surface area contributed by atoms with Gasteiger partial charge >= 0.3 is 0 Å². The van der Waals surface area contributed by atoms with Crippen molar-refractivity contribution < 1.29 is 14.1 Å². The third kappa shape index (κ3) is 3.66. The number of nitrogens with one attached hydrogen (secondary N) is 2. The maximum absolute atomic E-state index is 12.9. The Bertz CT molecular complexity index is 619. The molecule has 0 atom stereocenters. The fraction of sp³-hybridized carbons (Fsp3) is 0.333. The zero-order chi connectivity index (χ0) is 15.4. The van der Waals surface area contributed by atoms with Gasteiger partial charge in [-0.05, 0) is 31.2 Å². The molecule has 1 aromatic heterocycles. The molecule has 0 bridgehead atoms. The van der Waals surface area contributed by atoms with E-state index < -0.39 is 0 Å². The second-order valence-electron chi connectivity index (χ2n) is 5.24. The molecule has 1 amide bonds. The first-order valence-corrected chi connectivity index (χ1v) is 6.87. The summed E-state index contributed by atoms with van der Waals surface area (Å²) in [6.07, 6.45) is 1.54. The number of carbonyl (C=O) groups excluding carboxylic acids is 1. The Hall–Kier alpha value is -2.21. The van der Waals surface area contributed by atoms with Gasteiger partial charge in [-0.3, -0.25) is 4.79 Å². The van der Waals surface area contributed by atoms with Crippen LogP contribution in [0, 0.1) is 12.7 Å². The van der Waals surface area contributed by atoms with E-state index in [1.807, 2.05) is 21.0 Å². The lowest BCUT2D eigenvalue weighted by atomic mass is 10.2. The Labute approximate surface area is 123 Å². The molecule has 112 valence electrons. The van der Waals surface area contributed by atoms with Gasteiger partial charge in [0.1, 0.15) is 5.82 Å². The van der Waals surface area contributed by atoms with Crippen LogP contribution >= 0.6 is 0 Å². The average Bonchev–Trinajstić information content (AvgIpc) is 2.81. The first-order valence-electron chi connectivity index (χ1n) is 6.87. The first kappa shape index (κ1) is 15.2. The lowest BCUT2D eigenvalue weighted by molar-refractivity contribution is -0.856. The van der Waals surface area contributed by atoms with E-state index in [-0.39, 0.29) is 11.7 Å². The fourth-order valence-corrected chi connectivity index (χ4v) is 2.00. The summed E-state index contributed by atoms with van der Waals surface area (Å²) in [6, 6.07) is 6.00. The van der Waals surface area contributed by atoms with Crippen molar-refractivity contribution in [2.45, 2.75) is 6.92 Å². The molecular weight excluding hydrogens is 271 g/mol. The summed E-state index contributed by atoms with van der Waals surface area (Å²) in [5, 5.41) is 7.08. The molecule has 2 rings (SSSR count). The first-order chi connectivity index (χ1) is 9.99. The number of rotatable bonds is 5. The summed E-state index contributed by atoms with van der Waals surface area (Å²) < 4.78 is 14.6. The molecule has 21 heavy (non-hydrogen) atoms. The van der Waals surface area contributed by atoms with Gasteiger partial charge in [-0.2, -0.15) is 5.10 Å². The van der Waals surface area contributed by atoms with Crippen molar-refractivity contribution in [1.82, 2.24) is 15.1 Å². The van der Waals surface area contributed by atoms with Gasteiger partial charge < -0.3 is 10.2 Å². The van der Waals surface area contributed by atoms with Crippen molar-refractivity contribution in [3.05, 3.63) is 47.5 Å². The molecule has 0 fully saturated rings. The van der Waals surface area contributed by atoms with Gasteiger partial charge in [0.25, 0.3) is 5.91 Å². The number of hydrogen-bond donors (Lipinski definition) is 2. The minimum atomic E-state index is -0.298. The van der Waals surface area contributed by atoms with Crippen molar-refractivity contribution in [3.8, 4) is 5.69 Å². The smallest absolute Gasteiger partial charge is 0.254 e. The average molecular weight is 291 g/mol. The van der Waals surface area contributed by atoms with Crippen LogP contribution in [0.2, 0.25) is 0 Å². The molecule has 6 heteroatoms. The molecule has 0 saturated heterocycles. The third-order valence-electron chi connectivity index (χ3n) is 3.24.